The van der Waals surface area contributed by atoms with Crippen molar-refractivity contribution in [2.75, 3.05) is 13.7 Å². The first-order chi connectivity index (χ1) is 10.3. The summed E-state index contributed by atoms with van der Waals surface area (Å²) in [6.07, 6.45) is 1.79. The number of benzene rings is 1. The quantitative estimate of drug-likeness (QED) is 0.703. The molecule has 1 amide bonds. The lowest BCUT2D eigenvalue weighted by molar-refractivity contribution is -0.122. The minimum atomic E-state index is -3.92. The van der Waals surface area contributed by atoms with E-state index >= 15 is 0 Å². The van der Waals surface area contributed by atoms with Gasteiger partial charge in [-0.3, -0.25) is 4.79 Å². The highest BCUT2D eigenvalue weighted by atomic mass is 35.5. The van der Waals surface area contributed by atoms with Gasteiger partial charge in [0.05, 0.1) is 13.2 Å². The second kappa shape index (κ2) is 8.36. The number of ether oxygens (including phenoxy) is 1. The van der Waals surface area contributed by atoms with Crippen LogP contribution in [0.15, 0.2) is 23.1 Å². The number of sulfonamides is 1. The smallest absolute Gasteiger partial charge is 0.245 e. The van der Waals surface area contributed by atoms with Gasteiger partial charge in [0.1, 0.15) is 10.6 Å². The molecule has 8 heteroatoms. The number of hydrogen-bond acceptors (Lipinski definition) is 4. The molecule has 0 fully saturated rings. The molecule has 0 aliphatic rings. The van der Waals surface area contributed by atoms with Gasteiger partial charge in [0.15, 0.2) is 0 Å². The van der Waals surface area contributed by atoms with Crippen molar-refractivity contribution in [2.24, 2.45) is 0 Å². The van der Waals surface area contributed by atoms with E-state index in [1.807, 2.05) is 6.92 Å². The number of nitrogens with one attached hydrogen (secondary N) is 2. The zero-order chi connectivity index (χ0) is 16.8. The van der Waals surface area contributed by atoms with Crippen molar-refractivity contribution in [1.82, 2.24) is 10.0 Å². The van der Waals surface area contributed by atoms with E-state index in [-0.39, 0.29) is 21.6 Å². The molecule has 0 spiro atoms. The lowest BCUT2D eigenvalue weighted by atomic mass is 10.3. The number of unbranched alkanes of at least 4 members (excludes halogenated alkanes) is 1. The Kier molecular flexibility index (Phi) is 7.12. The lowest BCUT2D eigenvalue weighted by Gasteiger charge is -2.16. The number of carbonyl (C=O) groups excluding carboxylic acids is 1. The van der Waals surface area contributed by atoms with E-state index in [2.05, 4.69) is 10.0 Å². The molecule has 22 heavy (non-hydrogen) atoms. The molecule has 0 aliphatic heterocycles. The van der Waals surface area contributed by atoms with E-state index in [9.17, 15) is 13.2 Å². The maximum Gasteiger partial charge on any atom is 0.245 e. The average molecular weight is 349 g/mol. The van der Waals surface area contributed by atoms with Crippen LogP contribution in [0.4, 0.5) is 0 Å². The molecule has 0 saturated heterocycles. The monoisotopic (exact) mass is 348 g/mol. The molecule has 0 radical (unpaired) electrons. The molecule has 0 aromatic heterocycles. The van der Waals surface area contributed by atoms with Crippen LogP contribution in [0.2, 0.25) is 5.02 Å². The zero-order valence-corrected chi connectivity index (χ0v) is 14.4. The summed E-state index contributed by atoms with van der Waals surface area (Å²) in [4.78, 5) is 11.8. The summed E-state index contributed by atoms with van der Waals surface area (Å²) in [5.41, 5.74) is 0. The van der Waals surface area contributed by atoms with E-state index < -0.39 is 16.1 Å². The van der Waals surface area contributed by atoms with Crippen LogP contribution < -0.4 is 14.8 Å². The summed E-state index contributed by atoms with van der Waals surface area (Å²) >= 11 is 5.84. The van der Waals surface area contributed by atoms with Gasteiger partial charge in [0.2, 0.25) is 15.9 Å². The van der Waals surface area contributed by atoms with Crippen LogP contribution >= 0.6 is 11.6 Å². The molecule has 124 valence electrons. The average Bonchev–Trinajstić information content (AvgIpc) is 2.46. The van der Waals surface area contributed by atoms with Crippen LogP contribution in [0.3, 0.4) is 0 Å². The SMILES string of the molecule is CCCCNC(=O)[C@@H](C)NS(=O)(=O)c1cc(Cl)ccc1OC. The number of amides is 1. The summed E-state index contributed by atoms with van der Waals surface area (Å²) in [7, 11) is -2.56. The number of rotatable bonds is 8. The van der Waals surface area contributed by atoms with Crippen molar-refractivity contribution in [1.29, 1.82) is 0 Å². The van der Waals surface area contributed by atoms with Crippen LogP contribution in [0.1, 0.15) is 26.7 Å². The van der Waals surface area contributed by atoms with Gasteiger partial charge < -0.3 is 10.1 Å². The fraction of sp³-hybridized carbons (Fsp3) is 0.500. The van der Waals surface area contributed by atoms with Crippen molar-refractivity contribution in [2.45, 2.75) is 37.6 Å². The highest BCUT2D eigenvalue weighted by Gasteiger charge is 2.25. The number of hydrogen-bond donors (Lipinski definition) is 2. The fourth-order valence-electron chi connectivity index (χ4n) is 1.75. The Morgan fingerprint density at radius 2 is 2.09 bits per heavy atom. The van der Waals surface area contributed by atoms with Gasteiger partial charge in [-0.1, -0.05) is 24.9 Å². The Morgan fingerprint density at radius 3 is 2.68 bits per heavy atom. The predicted octanol–water partition coefficient (Wildman–Crippen LogP) is 1.93. The molecule has 1 rings (SSSR count). The second-order valence-corrected chi connectivity index (χ2v) is 6.90. The van der Waals surface area contributed by atoms with E-state index in [1.54, 1.807) is 0 Å². The molecule has 0 saturated carbocycles. The minimum absolute atomic E-state index is 0.101. The van der Waals surface area contributed by atoms with Gasteiger partial charge in [-0.25, -0.2) is 8.42 Å². The van der Waals surface area contributed by atoms with Gasteiger partial charge in [0.25, 0.3) is 0 Å². The van der Waals surface area contributed by atoms with Crippen LogP contribution in [0, 0.1) is 0 Å². The molecular formula is C14H21ClN2O4S. The van der Waals surface area contributed by atoms with Crippen molar-refractivity contribution >= 4 is 27.5 Å². The zero-order valence-electron chi connectivity index (χ0n) is 12.8. The molecule has 1 aromatic carbocycles. The normalized spacial score (nSPS) is 12.7. The summed E-state index contributed by atoms with van der Waals surface area (Å²) in [5, 5.41) is 2.94. The Labute approximate surface area is 136 Å². The van der Waals surface area contributed by atoms with Crippen LogP contribution in [-0.2, 0) is 14.8 Å². The summed E-state index contributed by atoms with van der Waals surface area (Å²) in [6, 6.07) is 3.37. The molecule has 0 bridgehead atoms. The van der Waals surface area contributed by atoms with E-state index in [0.717, 1.165) is 12.8 Å². The Bertz CT molecular complexity index is 619. The first-order valence-corrected chi connectivity index (χ1v) is 8.81. The summed E-state index contributed by atoms with van der Waals surface area (Å²) in [6.45, 7) is 4.00. The molecule has 0 heterocycles. The topological polar surface area (TPSA) is 84.5 Å². The van der Waals surface area contributed by atoms with Gasteiger partial charge in [-0.05, 0) is 31.5 Å². The minimum Gasteiger partial charge on any atom is -0.495 e. The highest BCUT2D eigenvalue weighted by molar-refractivity contribution is 7.89. The van der Waals surface area contributed by atoms with Crippen molar-refractivity contribution in [3.05, 3.63) is 23.2 Å². The number of halogens is 1. The fourth-order valence-corrected chi connectivity index (χ4v) is 3.39. The maximum absolute atomic E-state index is 12.4. The van der Waals surface area contributed by atoms with Crippen LogP contribution in [0.25, 0.3) is 0 Å². The standard InChI is InChI=1S/C14H21ClN2O4S/c1-4-5-8-16-14(18)10(2)17-22(19,20)13-9-11(15)6-7-12(13)21-3/h6-7,9-10,17H,4-5,8H2,1-3H3,(H,16,18)/t10-/m1/s1. The summed E-state index contributed by atoms with van der Waals surface area (Å²) < 4.78 is 32.1. The van der Waals surface area contributed by atoms with Gasteiger partial charge >= 0.3 is 0 Å². The highest BCUT2D eigenvalue weighted by Crippen LogP contribution is 2.26. The first kappa shape index (κ1) is 18.7. The van der Waals surface area contributed by atoms with Crippen molar-refractivity contribution in [3.63, 3.8) is 0 Å². The maximum atomic E-state index is 12.4. The molecule has 0 aliphatic carbocycles. The molecule has 2 N–H and O–H groups in total. The first-order valence-electron chi connectivity index (χ1n) is 6.95. The molecular weight excluding hydrogens is 328 g/mol. The number of methoxy groups -OCH3 is 1. The predicted molar refractivity (Wildman–Crippen MR) is 85.7 cm³/mol. The third kappa shape index (κ3) is 5.15. The van der Waals surface area contributed by atoms with Gasteiger partial charge in [0, 0.05) is 11.6 Å². The van der Waals surface area contributed by atoms with E-state index in [1.165, 1.54) is 32.2 Å². The largest absolute Gasteiger partial charge is 0.495 e. The van der Waals surface area contributed by atoms with Crippen LogP contribution in [-0.4, -0.2) is 34.0 Å². The van der Waals surface area contributed by atoms with Gasteiger partial charge in [-0.15, -0.1) is 0 Å². The number of carbonyl (C=O) groups is 1. The van der Waals surface area contributed by atoms with Crippen molar-refractivity contribution in [3.8, 4) is 5.75 Å². The van der Waals surface area contributed by atoms with Crippen LogP contribution in [0.5, 0.6) is 5.75 Å². The Balaban J connectivity index is 2.87. The van der Waals surface area contributed by atoms with E-state index in [4.69, 9.17) is 16.3 Å². The van der Waals surface area contributed by atoms with E-state index in [0.29, 0.717) is 6.54 Å². The third-order valence-corrected chi connectivity index (χ3v) is 4.77. The molecule has 0 unspecified atom stereocenters. The Morgan fingerprint density at radius 1 is 1.41 bits per heavy atom. The summed E-state index contributed by atoms with van der Waals surface area (Å²) in [5.74, 6) is -0.214. The Hall–Kier alpha value is -1.31. The molecule has 6 nitrogen and oxygen atoms in total. The van der Waals surface area contributed by atoms with Gasteiger partial charge in [-0.2, -0.15) is 4.72 Å². The van der Waals surface area contributed by atoms with Crippen molar-refractivity contribution < 1.29 is 17.9 Å². The lowest BCUT2D eigenvalue weighted by Crippen LogP contribution is -2.45. The second-order valence-electron chi connectivity index (χ2n) is 4.78. The third-order valence-electron chi connectivity index (χ3n) is 2.97. The molecule has 1 atom stereocenters. The molecule has 1 aromatic rings.